The lowest BCUT2D eigenvalue weighted by atomic mass is 10.1. The van der Waals surface area contributed by atoms with Crippen LogP contribution in [0.2, 0.25) is 0 Å². The van der Waals surface area contributed by atoms with Gasteiger partial charge in [-0.25, -0.2) is 5.43 Å². The van der Waals surface area contributed by atoms with Gasteiger partial charge in [-0.1, -0.05) is 34.1 Å². The van der Waals surface area contributed by atoms with Crippen LogP contribution in [0.3, 0.4) is 0 Å². The van der Waals surface area contributed by atoms with Gasteiger partial charge in [0.15, 0.2) is 0 Å². The molecule has 1 amide bonds. The minimum atomic E-state index is -0.208. The molecule has 0 atom stereocenters. The van der Waals surface area contributed by atoms with Gasteiger partial charge in [0.1, 0.15) is 5.75 Å². The first-order chi connectivity index (χ1) is 10.0. The summed E-state index contributed by atoms with van der Waals surface area (Å²) in [5, 5.41) is 13.6. The van der Waals surface area contributed by atoms with Crippen LogP contribution in [0.1, 0.15) is 16.7 Å². The van der Waals surface area contributed by atoms with Crippen molar-refractivity contribution in [2.24, 2.45) is 5.10 Å². The van der Waals surface area contributed by atoms with Crippen molar-refractivity contribution < 1.29 is 9.90 Å². The van der Waals surface area contributed by atoms with E-state index < -0.39 is 0 Å². The lowest BCUT2D eigenvalue weighted by molar-refractivity contribution is -0.120. The van der Waals surface area contributed by atoms with E-state index in [1.807, 2.05) is 37.3 Å². The first-order valence-electron chi connectivity index (χ1n) is 6.40. The Labute approximate surface area is 131 Å². The number of hydrogen-bond acceptors (Lipinski definition) is 3. The molecule has 2 rings (SSSR count). The Hall–Kier alpha value is -2.14. The molecule has 2 aromatic carbocycles. The summed E-state index contributed by atoms with van der Waals surface area (Å²) in [6, 6.07) is 12.8. The van der Waals surface area contributed by atoms with E-state index in [1.165, 1.54) is 6.21 Å². The Morgan fingerprint density at radius 1 is 1.29 bits per heavy atom. The maximum absolute atomic E-state index is 11.7. The summed E-state index contributed by atoms with van der Waals surface area (Å²) in [4.78, 5) is 11.7. The fourth-order valence-electron chi connectivity index (χ4n) is 1.76. The molecule has 0 saturated heterocycles. The predicted molar refractivity (Wildman–Crippen MR) is 86.4 cm³/mol. The molecule has 0 fully saturated rings. The number of benzene rings is 2. The first kappa shape index (κ1) is 15.3. The molecule has 0 spiro atoms. The molecular formula is C16H15BrN2O2. The van der Waals surface area contributed by atoms with E-state index in [9.17, 15) is 9.90 Å². The van der Waals surface area contributed by atoms with E-state index in [0.717, 1.165) is 15.6 Å². The van der Waals surface area contributed by atoms with Crippen molar-refractivity contribution in [3.05, 3.63) is 63.6 Å². The first-order valence-corrected chi connectivity index (χ1v) is 7.20. The molecular weight excluding hydrogens is 332 g/mol. The normalized spacial score (nSPS) is 10.8. The fourth-order valence-corrected chi connectivity index (χ4v) is 2.03. The number of nitrogens with one attached hydrogen (secondary N) is 1. The van der Waals surface area contributed by atoms with Crippen LogP contribution in [0.15, 0.2) is 52.0 Å². The van der Waals surface area contributed by atoms with E-state index >= 15 is 0 Å². The Morgan fingerprint density at radius 3 is 2.67 bits per heavy atom. The molecule has 108 valence electrons. The molecule has 0 unspecified atom stereocenters. The second kappa shape index (κ2) is 7.04. The van der Waals surface area contributed by atoms with Crippen molar-refractivity contribution in [3.8, 4) is 5.75 Å². The number of rotatable bonds is 4. The maximum Gasteiger partial charge on any atom is 0.244 e. The van der Waals surface area contributed by atoms with E-state index in [-0.39, 0.29) is 18.1 Å². The molecule has 0 aromatic heterocycles. The van der Waals surface area contributed by atoms with Crippen LogP contribution in [0.25, 0.3) is 0 Å². The average molecular weight is 347 g/mol. The summed E-state index contributed by atoms with van der Waals surface area (Å²) < 4.78 is 0.972. The zero-order chi connectivity index (χ0) is 15.2. The number of hydrogen-bond donors (Lipinski definition) is 2. The van der Waals surface area contributed by atoms with Crippen molar-refractivity contribution in [2.75, 3.05) is 0 Å². The minimum absolute atomic E-state index is 0.140. The van der Waals surface area contributed by atoms with Gasteiger partial charge in [0, 0.05) is 10.0 Å². The van der Waals surface area contributed by atoms with Gasteiger partial charge in [-0.2, -0.15) is 5.10 Å². The van der Waals surface area contributed by atoms with Crippen LogP contribution in [0, 0.1) is 6.92 Å². The Bertz CT molecular complexity index is 666. The third-order valence-corrected chi connectivity index (χ3v) is 3.39. The number of phenols is 1. The molecule has 0 aliphatic carbocycles. The second-order valence-electron chi connectivity index (χ2n) is 4.66. The monoisotopic (exact) mass is 346 g/mol. The van der Waals surface area contributed by atoms with E-state index in [1.54, 1.807) is 12.1 Å². The lowest BCUT2D eigenvalue weighted by Crippen LogP contribution is -2.19. The van der Waals surface area contributed by atoms with Gasteiger partial charge >= 0.3 is 0 Å². The van der Waals surface area contributed by atoms with Gasteiger partial charge in [-0.05, 0) is 42.3 Å². The van der Waals surface area contributed by atoms with Crippen molar-refractivity contribution >= 4 is 28.1 Å². The number of carbonyl (C=O) groups is 1. The van der Waals surface area contributed by atoms with E-state index in [0.29, 0.717) is 5.56 Å². The molecule has 0 radical (unpaired) electrons. The summed E-state index contributed by atoms with van der Waals surface area (Å²) in [7, 11) is 0. The summed E-state index contributed by atoms with van der Waals surface area (Å²) in [6.07, 6.45) is 1.68. The van der Waals surface area contributed by atoms with Crippen molar-refractivity contribution in [1.29, 1.82) is 0 Å². The highest BCUT2D eigenvalue weighted by molar-refractivity contribution is 9.10. The van der Waals surface area contributed by atoms with E-state index in [2.05, 4.69) is 26.5 Å². The highest BCUT2D eigenvalue weighted by Crippen LogP contribution is 2.16. The van der Waals surface area contributed by atoms with E-state index in [4.69, 9.17) is 0 Å². The number of nitrogens with zero attached hydrogens (tertiary/aromatic N) is 1. The van der Waals surface area contributed by atoms with Gasteiger partial charge in [0.2, 0.25) is 5.91 Å². The number of phenolic OH excluding ortho intramolecular Hbond substituents is 1. The number of aryl methyl sites for hydroxylation is 1. The SMILES string of the molecule is Cc1ccc(/C=N\NC(=O)Cc2ccc(Br)cc2)c(O)c1. The molecule has 2 N–H and O–H groups in total. The lowest BCUT2D eigenvalue weighted by Gasteiger charge is -2.02. The summed E-state index contributed by atoms with van der Waals surface area (Å²) in [5.74, 6) is -0.0684. The average Bonchev–Trinajstić information content (AvgIpc) is 2.44. The summed E-state index contributed by atoms with van der Waals surface area (Å²) in [6.45, 7) is 1.89. The minimum Gasteiger partial charge on any atom is -0.507 e. The summed E-state index contributed by atoms with van der Waals surface area (Å²) >= 11 is 3.34. The largest absolute Gasteiger partial charge is 0.507 e. The molecule has 0 heterocycles. The Balaban J connectivity index is 1.91. The number of carbonyl (C=O) groups excluding carboxylic acids is 1. The third kappa shape index (κ3) is 4.72. The van der Waals surface area contributed by atoms with Gasteiger partial charge in [0.05, 0.1) is 12.6 Å². The molecule has 0 saturated carbocycles. The number of amides is 1. The standard InChI is InChI=1S/C16H15BrN2O2/c1-11-2-5-13(15(20)8-11)10-18-19-16(21)9-12-3-6-14(17)7-4-12/h2-8,10,20H,9H2,1H3,(H,19,21)/b18-10-. The number of halogens is 1. The zero-order valence-corrected chi connectivity index (χ0v) is 13.1. The fraction of sp³-hybridized carbons (Fsp3) is 0.125. The highest BCUT2D eigenvalue weighted by atomic mass is 79.9. The van der Waals surface area contributed by atoms with Crippen molar-refractivity contribution in [1.82, 2.24) is 5.43 Å². The molecule has 0 bridgehead atoms. The van der Waals surface area contributed by atoms with Crippen LogP contribution in [-0.4, -0.2) is 17.2 Å². The van der Waals surface area contributed by atoms with Crippen LogP contribution < -0.4 is 5.43 Å². The molecule has 0 aliphatic heterocycles. The Morgan fingerprint density at radius 2 is 2.00 bits per heavy atom. The van der Waals surface area contributed by atoms with Gasteiger partial charge in [-0.15, -0.1) is 0 Å². The van der Waals surface area contributed by atoms with Crippen molar-refractivity contribution in [2.45, 2.75) is 13.3 Å². The molecule has 4 nitrogen and oxygen atoms in total. The van der Waals surface area contributed by atoms with Crippen LogP contribution in [0.4, 0.5) is 0 Å². The predicted octanol–water partition coefficient (Wildman–Crippen LogP) is 3.16. The van der Waals surface area contributed by atoms with Crippen LogP contribution in [0.5, 0.6) is 5.75 Å². The van der Waals surface area contributed by atoms with Crippen LogP contribution >= 0.6 is 15.9 Å². The van der Waals surface area contributed by atoms with Gasteiger partial charge in [0.25, 0.3) is 0 Å². The molecule has 21 heavy (non-hydrogen) atoms. The molecule has 5 heteroatoms. The van der Waals surface area contributed by atoms with Gasteiger partial charge in [-0.3, -0.25) is 4.79 Å². The molecule has 0 aliphatic rings. The highest BCUT2D eigenvalue weighted by Gasteiger charge is 2.02. The van der Waals surface area contributed by atoms with Gasteiger partial charge < -0.3 is 5.11 Å². The third-order valence-electron chi connectivity index (χ3n) is 2.86. The number of aromatic hydroxyl groups is 1. The quantitative estimate of drug-likeness (QED) is 0.659. The van der Waals surface area contributed by atoms with Crippen molar-refractivity contribution in [3.63, 3.8) is 0 Å². The smallest absolute Gasteiger partial charge is 0.244 e. The Kier molecular flexibility index (Phi) is 5.11. The summed E-state index contributed by atoms with van der Waals surface area (Å²) in [5.41, 5.74) is 4.87. The molecule has 2 aromatic rings. The number of hydrazone groups is 1. The zero-order valence-electron chi connectivity index (χ0n) is 11.5. The van der Waals surface area contributed by atoms with Crippen LogP contribution in [-0.2, 0) is 11.2 Å². The topological polar surface area (TPSA) is 61.7 Å². The second-order valence-corrected chi connectivity index (χ2v) is 5.57. The maximum atomic E-state index is 11.7.